The van der Waals surface area contributed by atoms with E-state index >= 15 is 0 Å². The number of halogens is 2. The number of carbonyl (C=O) groups excluding carboxylic acids is 1. The highest BCUT2D eigenvalue weighted by molar-refractivity contribution is 6.33. The second-order valence-corrected chi connectivity index (χ2v) is 6.93. The molecule has 1 aliphatic rings. The quantitative estimate of drug-likeness (QED) is 0.432. The van der Waals surface area contributed by atoms with Gasteiger partial charge in [0.15, 0.2) is 0 Å². The molecule has 0 spiro atoms. The van der Waals surface area contributed by atoms with Crippen LogP contribution in [0, 0.1) is 10.1 Å². The number of carbonyl (C=O) groups is 1. The molecule has 1 fully saturated rings. The van der Waals surface area contributed by atoms with E-state index in [-0.39, 0.29) is 11.6 Å². The molecule has 1 saturated heterocycles. The van der Waals surface area contributed by atoms with E-state index in [1.165, 1.54) is 12.1 Å². The minimum atomic E-state index is -0.473. The molecule has 0 aliphatic carbocycles. The molecular weight excluding hydrogens is 389 g/mol. The van der Waals surface area contributed by atoms with Gasteiger partial charge in [-0.1, -0.05) is 35.3 Å². The maximum atomic E-state index is 12.4. The number of benzene rings is 2. The lowest BCUT2D eigenvalue weighted by molar-refractivity contribution is -0.384. The fourth-order valence-electron chi connectivity index (χ4n) is 2.88. The predicted molar refractivity (Wildman–Crippen MR) is 107 cm³/mol. The van der Waals surface area contributed by atoms with E-state index in [9.17, 15) is 14.9 Å². The highest BCUT2D eigenvalue weighted by atomic mass is 35.5. The summed E-state index contributed by atoms with van der Waals surface area (Å²) in [7, 11) is 0. The molecule has 27 heavy (non-hydrogen) atoms. The molecule has 0 bridgehead atoms. The van der Waals surface area contributed by atoms with E-state index in [2.05, 4.69) is 0 Å². The van der Waals surface area contributed by atoms with Crippen molar-refractivity contribution in [2.75, 3.05) is 31.1 Å². The lowest BCUT2D eigenvalue weighted by atomic mass is 10.2. The van der Waals surface area contributed by atoms with Crippen LogP contribution < -0.4 is 4.90 Å². The van der Waals surface area contributed by atoms with E-state index in [1.54, 1.807) is 35.3 Å². The second kappa shape index (κ2) is 8.41. The zero-order chi connectivity index (χ0) is 19.4. The first-order valence-corrected chi connectivity index (χ1v) is 9.11. The van der Waals surface area contributed by atoms with Gasteiger partial charge in [0.05, 0.1) is 15.6 Å². The number of amides is 1. The van der Waals surface area contributed by atoms with Gasteiger partial charge in [0, 0.05) is 49.4 Å². The highest BCUT2D eigenvalue weighted by Crippen LogP contribution is 2.30. The van der Waals surface area contributed by atoms with Gasteiger partial charge < -0.3 is 9.80 Å². The van der Waals surface area contributed by atoms with Crippen LogP contribution in [0.4, 0.5) is 11.4 Å². The third kappa shape index (κ3) is 4.78. The Balaban J connectivity index is 1.59. The number of piperazine rings is 1. The SMILES string of the molecule is O=C(/C=C/c1ccc(Cl)cc1)N1CCN(c2ccc([N+](=O)[O-])cc2Cl)CC1. The van der Waals surface area contributed by atoms with Gasteiger partial charge in [-0.25, -0.2) is 0 Å². The molecule has 8 heteroatoms. The number of hydrogen-bond donors (Lipinski definition) is 0. The Kier molecular flexibility index (Phi) is 5.98. The van der Waals surface area contributed by atoms with Gasteiger partial charge >= 0.3 is 0 Å². The van der Waals surface area contributed by atoms with Crippen LogP contribution in [0.25, 0.3) is 6.08 Å². The number of nitro benzene ring substituents is 1. The lowest BCUT2D eigenvalue weighted by Gasteiger charge is -2.36. The summed E-state index contributed by atoms with van der Waals surface area (Å²) >= 11 is 12.0. The van der Waals surface area contributed by atoms with Crippen LogP contribution in [-0.4, -0.2) is 41.9 Å². The third-order valence-corrected chi connectivity index (χ3v) is 4.92. The van der Waals surface area contributed by atoms with Gasteiger partial charge in [0.1, 0.15) is 0 Å². The summed E-state index contributed by atoms with van der Waals surface area (Å²) in [5, 5.41) is 11.8. The Bertz CT molecular complexity index is 876. The van der Waals surface area contributed by atoms with E-state index < -0.39 is 4.92 Å². The van der Waals surface area contributed by atoms with E-state index in [0.717, 1.165) is 11.3 Å². The Hall–Kier alpha value is -2.57. The third-order valence-electron chi connectivity index (χ3n) is 4.36. The Morgan fingerprint density at radius 3 is 2.30 bits per heavy atom. The van der Waals surface area contributed by atoms with Crippen molar-refractivity contribution in [3.8, 4) is 0 Å². The van der Waals surface area contributed by atoms with Crippen molar-refractivity contribution in [2.45, 2.75) is 0 Å². The molecule has 0 atom stereocenters. The predicted octanol–water partition coefficient (Wildman–Crippen LogP) is 4.26. The normalized spacial score (nSPS) is 14.6. The topological polar surface area (TPSA) is 66.7 Å². The zero-order valence-electron chi connectivity index (χ0n) is 14.3. The average molecular weight is 406 g/mol. The fraction of sp³-hybridized carbons (Fsp3) is 0.211. The average Bonchev–Trinajstić information content (AvgIpc) is 2.67. The van der Waals surface area contributed by atoms with Crippen LogP contribution in [0.15, 0.2) is 48.5 Å². The van der Waals surface area contributed by atoms with Crippen LogP contribution in [0.2, 0.25) is 10.0 Å². The number of nitro groups is 1. The summed E-state index contributed by atoms with van der Waals surface area (Å²) < 4.78 is 0. The standard InChI is InChI=1S/C19H17Cl2N3O3/c20-15-4-1-14(2-5-15)3-8-19(25)23-11-9-22(10-12-23)18-7-6-16(24(26)27)13-17(18)21/h1-8,13H,9-12H2/b8-3+. The van der Waals surface area contributed by atoms with Gasteiger partial charge in [-0.2, -0.15) is 0 Å². The van der Waals surface area contributed by atoms with Gasteiger partial charge in [0.25, 0.3) is 5.69 Å². The molecular formula is C19H17Cl2N3O3. The van der Waals surface area contributed by atoms with Crippen molar-refractivity contribution in [3.05, 3.63) is 74.3 Å². The maximum absolute atomic E-state index is 12.4. The number of nitrogens with zero attached hydrogens (tertiary/aromatic N) is 3. The van der Waals surface area contributed by atoms with Gasteiger partial charge in [-0.3, -0.25) is 14.9 Å². The van der Waals surface area contributed by atoms with Crippen LogP contribution >= 0.6 is 23.2 Å². The Morgan fingerprint density at radius 1 is 1.04 bits per heavy atom. The zero-order valence-corrected chi connectivity index (χ0v) is 15.9. The second-order valence-electron chi connectivity index (χ2n) is 6.09. The minimum Gasteiger partial charge on any atom is -0.367 e. The molecule has 6 nitrogen and oxygen atoms in total. The summed E-state index contributed by atoms with van der Waals surface area (Å²) in [5.41, 5.74) is 1.61. The van der Waals surface area contributed by atoms with Crippen LogP contribution in [-0.2, 0) is 4.79 Å². The molecule has 0 aromatic heterocycles. The summed E-state index contributed by atoms with van der Waals surface area (Å²) in [6, 6.07) is 11.7. The minimum absolute atomic E-state index is 0.0371. The molecule has 1 aliphatic heterocycles. The maximum Gasteiger partial charge on any atom is 0.271 e. The lowest BCUT2D eigenvalue weighted by Crippen LogP contribution is -2.48. The van der Waals surface area contributed by atoms with Crippen molar-refractivity contribution in [2.24, 2.45) is 0 Å². The summed E-state index contributed by atoms with van der Waals surface area (Å²) in [6.45, 7) is 2.32. The molecule has 0 N–H and O–H groups in total. The largest absolute Gasteiger partial charge is 0.367 e. The first-order chi connectivity index (χ1) is 12.9. The van der Waals surface area contributed by atoms with Crippen molar-refractivity contribution in [1.82, 2.24) is 4.90 Å². The van der Waals surface area contributed by atoms with Crippen LogP contribution in [0.1, 0.15) is 5.56 Å². The summed E-state index contributed by atoms with van der Waals surface area (Å²) in [6.07, 6.45) is 3.32. The van der Waals surface area contributed by atoms with E-state index in [1.807, 2.05) is 17.0 Å². The Morgan fingerprint density at radius 2 is 1.70 bits per heavy atom. The molecule has 3 rings (SSSR count). The summed E-state index contributed by atoms with van der Waals surface area (Å²) in [5.74, 6) is -0.0561. The number of anilines is 1. The first kappa shape index (κ1) is 19.2. The summed E-state index contributed by atoms with van der Waals surface area (Å²) in [4.78, 5) is 26.5. The van der Waals surface area contributed by atoms with Gasteiger partial charge in [-0.05, 0) is 29.8 Å². The van der Waals surface area contributed by atoms with Gasteiger partial charge in [0.2, 0.25) is 5.91 Å². The Labute approximate surface area is 166 Å². The molecule has 2 aromatic rings. The van der Waals surface area contributed by atoms with E-state index in [0.29, 0.717) is 36.2 Å². The molecule has 2 aromatic carbocycles. The van der Waals surface area contributed by atoms with E-state index in [4.69, 9.17) is 23.2 Å². The first-order valence-electron chi connectivity index (χ1n) is 8.35. The van der Waals surface area contributed by atoms with Gasteiger partial charge in [-0.15, -0.1) is 0 Å². The molecule has 0 saturated carbocycles. The number of rotatable bonds is 4. The molecule has 140 valence electrons. The number of non-ortho nitro benzene ring substituents is 1. The van der Waals surface area contributed by atoms with Crippen molar-refractivity contribution in [1.29, 1.82) is 0 Å². The highest BCUT2D eigenvalue weighted by Gasteiger charge is 2.22. The molecule has 1 amide bonds. The van der Waals surface area contributed by atoms with Crippen molar-refractivity contribution in [3.63, 3.8) is 0 Å². The molecule has 0 radical (unpaired) electrons. The van der Waals surface area contributed by atoms with Crippen molar-refractivity contribution >= 4 is 46.6 Å². The van der Waals surface area contributed by atoms with Crippen LogP contribution in [0.3, 0.4) is 0 Å². The number of hydrogen-bond acceptors (Lipinski definition) is 4. The van der Waals surface area contributed by atoms with Crippen LogP contribution in [0.5, 0.6) is 0 Å². The molecule has 1 heterocycles. The monoisotopic (exact) mass is 405 g/mol. The molecule has 0 unspecified atom stereocenters. The fourth-order valence-corrected chi connectivity index (χ4v) is 3.30. The van der Waals surface area contributed by atoms with Crippen molar-refractivity contribution < 1.29 is 9.72 Å². The smallest absolute Gasteiger partial charge is 0.271 e.